The van der Waals surface area contributed by atoms with Crippen molar-refractivity contribution in [3.8, 4) is 11.8 Å². The van der Waals surface area contributed by atoms with Crippen LogP contribution in [0.25, 0.3) is 0 Å². The topological polar surface area (TPSA) is 17.1 Å². The normalized spacial score (nSPS) is 18.5. The lowest BCUT2D eigenvalue weighted by atomic mass is 9.59. The second-order valence-electron chi connectivity index (χ2n) is 9.86. The maximum absolute atomic E-state index is 11.8. The smallest absolute Gasteiger partial charge is 0.151 e. The van der Waals surface area contributed by atoms with E-state index < -0.39 is 0 Å². The summed E-state index contributed by atoms with van der Waals surface area (Å²) in [6, 6.07) is 4.18. The Morgan fingerprint density at radius 1 is 0.929 bits per heavy atom. The number of hydrogen-bond donors (Lipinski definition) is 0. The molecule has 0 atom stereocenters. The number of allylic oxidation sites excluding steroid dienone is 5. The fourth-order valence-electron chi connectivity index (χ4n) is 4.27. The Kier molecular flexibility index (Phi) is 5.69. The summed E-state index contributed by atoms with van der Waals surface area (Å²) in [7, 11) is 0. The third kappa shape index (κ3) is 3.53. The highest BCUT2D eigenvalue weighted by Crippen LogP contribution is 2.61. The van der Waals surface area contributed by atoms with E-state index in [1.165, 1.54) is 16.7 Å². The Bertz CT molecular complexity index is 946. The number of fused-ring (bicyclic) bond motifs is 1. The van der Waals surface area contributed by atoms with E-state index in [1.54, 1.807) is 0 Å². The van der Waals surface area contributed by atoms with Gasteiger partial charge in [-0.2, -0.15) is 0 Å². The summed E-state index contributed by atoms with van der Waals surface area (Å²) >= 11 is 0. The van der Waals surface area contributed by atoms with E-state index in [4.69, 9.17) is 0 Å². The molecule has 0 N–H and O–H groups in total. The summed E-state index contributed by atoms with van der Waals surface area (Å²) in [5, 5.41) is 0. The molecule has 1 nitrogen and oxygen atoms in total. The molecule has 0 radical (unpaired) electrons. The van der Waals surface area contributed by atoms with Crippen molar-refractivity contribution in [1.82, 2.24) is 0 Å². The maximum Gasteiger partial charge on any atom is 0.151 e. The lowest BCUT2D eigenvalue weighted by Crippen LogP contribution is -2.42. The molecular formula is C27H34O. The van der Waals surface area contributed by atoms with Gasteiger partial charge in [0.1, 0.15) is 0 Å². The molecule has 0 spiro atoms. The average molecular weight is 375 g/mol. The van der Waals surface area contributed by atoms with E-state index in [9.17, 15) is 4.79 Å². The van der Waals surface area contributed by atoms with Crippen molar-refractivity contribution < 1.29 is 4.79 Å². The summed E-state index contributed by atoms with van der Waals surface area (Å²) in [6.45, 7) is 24.0. The molecule has 1 heteroatoms. The number of aldehydes is 1. The highest BCUT2D eigenvalue weighted by Gasteiger charge is 2.56. The Labute approximate surface area is 171 Å². The molecule has 1 aliphatic carbocycles. The summed E-state index contributed by atoms with van der Waals surface area (Å²) < 4.78 is 0. The number of carbonyl (C=O) groups is 1. The van der Waals surface area contributed by atoms with Gasteiger partial charge < -0.3 is 0 Å². The first-order chi connectivity index (χ1) is 12.8. The lowest BCUT2D eigenvalue weighted by molar-refractivity contribution is 0.112. The van der Waals surface area contributed by atoms with Gasteiger partial charge in [0.15, 0.2) is 6.29 Å². The SMILES string of the molecule is C=C(C#Cc1cc2c(cc1C=O)C(C)(C)C(C)(C)C2(C)C)C=C(C)C=C(C)C. The predicted molar refractivity (Wildman–Crippen MR) is 121 cm³/mol. The van der Waals surface area contributed by atoms with E-state index >= 15 is 0 Å². The minimum atomic E-state index is -0.0245. The van der Waals surface area contributed by atoms with Gasteiger partial charge in [-0.3, -0.25) is 4.79 Å². The molecule has 1 aromatic rings. The summed E-state index contributed by atoms with van der Waals surface area (Å²) in [6.07, 6.45) is 5.00. The number of rotatable bonds is 3. The van der Waals surface area contributed by atoms with Gasteiger partial charge in [0, 0.05) is 16.7 Å². The van der Waals surface area contributed by atoms with Gasteiger partial charge >= 0.3 is 0 Å². The van der Waals surface area contributed by atoms with Gasteiger partial charge in [0.25, 0.3) is 0 Å². The number of hydrogen-bond acceptors (Lipinski definition) is 1. The van der Waals surface area contributed by atoms with Crippen LogP contribution in [0, 0.1) is 17.3 Å². The van der Waals surface area contributed by atoms with Gasteiger partial charge in [-0.15, -0.1) is 0 Å². The van der Waals surface area contributed by atoms with Crippen LogP contribution in [0.15, 0.2) is 47.6 Å². The van der Waals surface area contributed by atoms with Crippen molar-refractivity contribution in [3.63, 3.8) is 0 Å². The fraction of sp³-hybridized carbons (Fsp3) is 0.444. The fourth-order valence-corrected chi connectivity index (χ4v) is 4.27. The molecule has 1 aliphatic rings. The van der Waals surface area contributed by atoms with Crippen molar-refractivity contribution in [2.75, 3.05) is 0 Å². The van der Waals surface area contributed by atoms with E-state index in [1.807, 2.05) is 13.0 Å². The van der Waals surface area contributed by atoms with Crippen LogP contribution in [-0.4, -0.2) is 6.29 Å². The highest BCUT2D eigenvalue weighted by atomic mass is 16.1. The summed E-state index contributed by atoms with van der Waals surface area (Å²) in [5.74, 6) is 6.33. The zero-order chi connectivity index (χ0) is 21.5. The standard InChI is InChI=1S/C27H34O/c1-18(2)13-20(4)14-19(3)11-12-21-15-23-24(16-22(21)17-28)26(7,8)27(9,10)25(23,5)6/h13-17H,3H2,1-2,4-10H3. The molecular weight excluding hydrogens is 340 g/mol. The predicted octanol–water partition coefficient (Wildman–Crippen LogP) is 6.91. The molecule has 1 aromatic carbocycles. The maximum atomic E-state index is 11.8. The molecule has 0 aromatic heterocycles. The monoisotopic (exact) mass is 374 g/mol. The van der Waals surface area contributed by atoms with E-state index in [-0.39, 0.29) is 16.2 Å². The lowest BCUT2D eigenvalue weighted by Gasteiger charge is -2.44. The highest BCUT2D eigenvalue weighted by molar-refractivity contribution is 5.81. The van der Waals surface area contributed by atoms with Crippen LogP contribution in [0.3, 0.4) is 0 Å². The van der Waals surface area contributed by atoms with Gasteiger partial charge in [0.05, 0.1) is 0 Å². The zero-order valence-corrected chi connectivity index (χ0v) is 19.0. The molecule has 0 unspecified atom stereocenters. The van der Waals surface area contributed by atoms with E-state index in [2.05, 4.69) is 92.0 Å². The van der Waals surface area contributed by atoms with Gasteiger partial charge in [-0.05, 0) is 71.9 Å². The second-order valence-corrected chi connectivity index (χ2v) is 9.86. The molecule has 0 bridgehead atoms. The first-order valence-corrected chi connectivity index (χ1v) is 9.94. The van der Waals surface area contributed by atoms with Crippen molar-refractivity contribution in [2.24, 2.45) is 5.41 Å². The molecule has 0 fully saturated rings. The summed E-state index contributed by atoms with van der Waals surface area (Å²) in [5.41, 5.74) is 7.11. The molecule has 0 saturated heterocycles. The molecule has 0 amide bonds. The molecule has 148 valence electrons. The number of carbonyl (C=O) groups excluding carboxylic acids is 1. The molecule has 0 aliphatic heterocycles. The van der Waals surface area contributed by atoms with Crippen molar-refractivity contribution in [2.45, 2.75) is 73.1 Å². The minimum Gasteiger partial charge on any atom is -0.298 e. The van der Waals surface area contributed by atoms with Crippen LogP contribution in [0.2, 0.25) is 0 Å². The Balaban J connectivity index is 2.56. The van der Waals surface area contributed by atoms with Crippen LogP contribution < -0.4 is 0 Å². The average Bonchev–Trinajstić information content (AvgIpc) is 2.66. The molecule has 28 heavy (non-hydrogen) atoms. The quantitative estimate of drug-likeness (QED) is 0.319. The van der Waals surface area contributed by atoms with Gasteiger partial charge in [-0.1, -0.05) is 71.6 Å². The third-order valence-corrected chi connectivity index (χ3v) is 7.06. The van der Waals surface area contributed by atoms with E-state index in [0.717, 1.165) is 23.0 Å². The van der Waals surface area contributed by atoms with Crippen LogP contribution >= 0.6 is 0 Å². The molecule has 2 rings (SSSR count). The minimum absolute atomic E-state index is 0.0133. The van der Waals surface area contributed by atoms with Crippen LogP contribution in [0.1, 0.15) is 89.4 Å². The van der Waals surface area contributed by atoms with E-state index in [0.29, 0.717) is 5.56 Å². The van der Waals surface area contributed by atoms with Gasteiger partial charge in [0.2, 0.25) is 0 Å². The summed E-state index contributed by atoms with van der Waals surface area (Å²) in [4.78, 5) is 11.8. The largest absolute Gasteiger partial charge is 0.298 e. The van der Waals surface area contributed by atoms with Crippen molar-refractivity contribution >= 4 is 6.29 Å². The molecule has 0 saturated carbocycles. The number of benzene rings is 1. The zero-order valence-electron chi connectivity index (χ0n) is 19.0. The third-order valence-electron chi connectivity index (χ3n) is 7.06. The second kappa shape index (κ2) is 7.25. The van der Waals surface area contributed by atoms with Crippen molar-refractivity contribution in [3.05, 3.63) is 69.8 Å². The van der Waals surface area contributed by atoms with Crippen LogP contribution in [0.5, 0.6) is 0 Å². The Morgan fingerprint density at radius 3 is 1.96 bits per heavy atom. The first-order valence-electron chi connectivity index (χ1n) is 9.94. The van der Waals surface area contributed by atoms with Crippen molar-refractivity contribution in [1.29, 1.82) is 0 Å². The van der Waals surface area contributed by atoms with Gasteiger partial charge in [-0.25, -0.2) is 0 Å². The van der Waals surface area contributed by atoms with Crippen LogP contribution in [-0.2, 0) is 10.8 Å². The Hall–Kier alpha value is -2.33. The first kappa shape index (κ1) is 22.0. The van der Waals surface area contributed by atoms with Crippen LogP contribution in [0.4, 0.5) is 0 Å². The Morgan fingerprint density at radius 2 is 1.46 bits per heavy atom. The molecule has 0 heterocycles.